The summed E-state index contributed by atoms with van der Waals surface area (Å²) in [6.45, 7) is 8.40. The second-order valence-corrected chi connectivity index (χ2v) is 6.52. The number of aryl methyl sites for hydroxylation is 2. The molecule has 128 valence electrons. The van der Waals surface area contributed by atoms with Crippen LogP contribution in [0.25, 0.3) is 11.4 Å². The van der Waals surface area contributed by atoms with Crippen molar-refractivity contribution in [3.63, 3.8) is 0 Å². The molecule has 0 aliphatic heterocycles. The Hall–Kier alpha value is -2.88. The van der Waals surface area contributed by atoms with Crippen LogP contribution in [0.4, 0.5) is 17.3 Å². The Morgan fingerprint density at radius 3 is 2.08 bits per heavy atom. The SMILES string of the molecule is Cc1cccc(C)c1-c1nc(Nc2ccccc2)cc(NC(C)C)n1. The molecule has 0 amide bonds. The van der Waals surface area contributed by atoms with E-state index in [2.05, 4.69) is 56.5 Å². The van der Waals surface area contributed by atoms with Crippen LogP contribution in [-0.4, -0.2) is 16.0 Å². The summed E-state index contributed by atoms with van der Waals surface area (Å²) in [5, 5.41) is 6.76. The van der Waals surface area contributed by atoms with Gasteiger partial charge in [0.25, 0.3) is 0 Å². The van der Waals surface area contributed by atoms with Crippen molar-refractivity contribution in [2.75, 3.05) is 10.6 Å². The summed E-state index contributed by atoms with van der Waals surface area (Å²) in [6, 6.07) is 18.6. The standard InChI is InChI=1S/C21H24N4/c1-14(2)22-18-13-19(23-17-11-6-5-7-12-17)25-21(24-18)20-15(3)9-8-10-16(20)4/h5-14H,1-4H3,(H2,22,23,24,25). The lowest BCUT2D eigenvalue weighted by atomic mass is 10.0. The van der Waals surface area contributed by atoms with E-state index in [9.17, 15) is 0 Å². The van der Waals surface area contributed by atoms with Gasteiger partial charge in [-0.2, -0.15) is 0 Å². The first-order chi connectivity index (χ1) is 12.0. The topological polar surface area (TPSA) is 49.8 Å². The molecule has 0 aliphatic carbocycles. The Morgan fingerprint density at radius 2 is 1.44 bits per heavy atom. The summed E-state index contributed by atoms with van der Waals surface area (Å²) in [6.07, 6.45) is 0. The highest BCUT2D eigenvalue weighted by Crippen LogP contribution is 2.27. The van der Waals surface area contributed by atoms with Gasteiger partial charge in [0, 0.05) is 23.4 Å². The van der Waals surface area contributed by atoms with E-state index >= 15 is 0 Å². The maximum absolute atomic E-state index is 4.77. The van der Waals surface area contributed by atoms with Crippen molar-refractivity contribution in [1.29, 1.82) is 0 Å². The van der Waals surface area contributed by atoms with E-state index in [-0.39, 0.29) is 0 Å². The molecule has 3 aromatic rings. The maximum Gasteiger partial charge on any atom is 0.164 e. The second-order valence-electron chi connectivity index (χ2n) is 6.52. The van der Waals surface area contributed by atoms with Gasteiger partial charge in [-0.05, 0) is 51.0 Å². The zero-order chi connectivity index (χ0) is 17.8. The third-order valence-electron chi connectivity index (χ3n) is 3.91. The van der Waals surface area contributed by atoms with Crippen LogP contribution in [0.1, 0.15) is 25.0 Å². The molecule has 3 rings (SSSR count). The normalized spacial score (nSPS) is 10.8. The molecule has 0 fully saturated rings. The molecule has 0 radical (unpaired) electrons. The highest BCUT2D eigenvalue weighted by atomic mass is 15.1. The van der Waals surface area contributed by atoms with Crippen LogP contribution in [0, 0.1) is 13.8 Å². The minimum atomic E-state index is 0.297. The summed E-state index contributed by atoms with van der Waals surface area (Å²) in [5.41, 5.74) is 4.44. The maximum atomic E-state index is 4.77. The molecule has 0 atom stereocenters. The van der Waals surface area contributed by atoms with Gasteiger partial charge in [0.1, 0.15) is 11.6 Å². The molecule has 25 heavy (non-hydrogen) atoms. The number of hydrogen-bond donors (Lipinski definition) is 2. The minimum Gasteiger partial charge on any atom is -0.368 e. The lowest BCUT2D eigenvalue weighted by Gasteiger charge is -2.15. The van der Waals surface area contributed by atoms with Crippen molar-refractivity contribution in [3.05, 3.63) is 65.7 Å². The van der Waals surface area contributed by atoms with Crippen LogP contribution < -0.4 is 10.6 Å². The van der Waals surface area contributed by atoms with Crippen LogP contribution in [0.15, 0.2) is 54.6 Å². The van der Waals surface area contributed by atoms with Crippen molar-refractivity contribution in [2.45, 2.75) is 33.7 Å². The van der Waals surface area contributed by atoms with Crippen molar-refractivity contribution in [2.24, 2.45) is 0 Å². The Kier molecular flexibility index (Phi) is 4.98. The van der Waals surface area contributed by atoms with Gasteiger partial charge < -0.3 is 10.6 Å². The number of hydrogen-bond acceptors (Lipinski definition) is 4. The summed E-state index contributed by atoms with van der Waals surface area (Å²) in [4.78, 5) is 9.51. The van der Waals surface area contributed by atoms with Crippen molar-refractivity contribution in [3.8, 4) is 11.4 Å². The van der Waals surface area contributed by atoms with Gasteiger partial charge in [-0.1, -0.05) is 36.4 Å². The van der Waals surface area contributed by atoms with Gasteiger partial charge >= 0.3 is 0 Å². The molecule has 2 aromatic carbocycles. The third-order valence-corrected chi connectivity index (χ3v) is 3.91. The van der Waals surface area contributed by atoms with Crippen LogP contribution in [-0.2, 0) is 0 Å². The zero-order valence-corrected chi connectivity index (χ0v) is 15.2. The van der Waals surface area contributed by atoms with Crippen molar-refractivity contribution >= 4 is 17.3 Å². The van der Waals surface area contributed by atoms with Crippen LogP contribution in [0.2, 0.25) is 0 Å². The minimum absolute atomic E-state index is 0.297. The Balaban J connectivity index is 2.07. The molecular weight excluding hydrogens is 308 g/mol. The monoisotopic (exact) mass is 332 g/mol. The fourth-order valence-corrected chi connectivity index (χ4v) is 2.83. The van der Waals surface area contributed by atoms with Crippen molar-refractivity contribution in [1.82, 2.24) is 9.97 Å². The molecule has 4 heteroatoms. The first-order valence-electron chi connectivity index (χ1n) is 8.57. The molecule has 0 bridgehead atoms. The summed E-state index contributed by atoms with van der Waals surface area (Å²) in [7, 11) is 0. The molecule has 0 saturated heterocycles. The molecule has 0 aliphatic rings. The van der Waals surface area contributed by atoms with Gasteiger partial charge in [0.15, 0.2) is 5.82 Å². The van der Waals surface area contributed by atoms with Crippen LogP contribution in [0.3, 0.4) is 0 Å². The fraction of sp³-hybridized carbons (Fsp3) is 0.238. The largest absolute Gasteiger partial charge is 0.368 e. The number of anilines is 3. The first kappa shape index (κ1) is 17.0. The summed E-state index contributed by atoms with van der Waals surface area (Å²) < 4.78 is 0. The van der Waals surface area contributed by atoms with Gasteiger partial charge in [-0.3, -0.25) is 0 Å². The van der Waals surface area contributed by atoms with E-state index in [0.717, 1.165) is 28.7 Å². The number of benzene rings is 2. The Morgan fingerprint density at radius 1 is 0.800 bits per heavy atom. The molecule has 0 unspecified atom stereocenters. The summed E-state index contributed by atoms with van der Waals surface area (Å²) >= 11 is 0. The molecular formula is C21H24N4. The Bertz CT molecular complexity index is 837. The molecule has 4 nitrogen and oxygen atoms in total. The average molecular weight is 332 g/mol. The van der Waals surface area contributed by atoms with Gasteiger partial charge in [-0.25, -0.2) is 9.97 Å². The number of rotatable bonds is 5. The molecule has 0 saturated carbocycles. The first-order valence-corrected chi connectivity index (χ1v) is 8.57. The Labute approximate surface area is 149 Å². The highest BCUT2D eigenvalue weighted by Gasteiger charge is 2.12. The van der Waals surface area contributed by atoms with E-state index in [1.54, 1.807) is 0 Å². The van der Waals surface area contributed by atoms with Crippen LogP contribution in [0.5, 0.6) is 0 Å². The number of nitrogens with zero attached hydrogens (tertiary/aromatic N) is 2. The molecule has 1 aromatic heterocycles. The molecule has 0 spiro atoms. The van der Waals surface area contributed by atoms with Gasteiger partial charge in [0.2, 0.25) is 0 Å². The lowest BCUT2D eigenvalue weighted by molar-refractivity contribution is 0.887. The quantitative estimate of drug-likeness (QED) is 0.663. The number of nitrogens with one attached hydrogen (secondary N) is 2. The third kappa shape index (κ3) is 4.15. The van der Waals surface area contributed by atoms with E-state index < -0.39 is 0 Å². The van der Waals surface area contributed by atoms with Crippen LogP contribution >= 0.6 is 0 Å². The number of para-hydroxylation sites is 1. The average Bonchev–Trinajstić information content (AvgIpc) is 2.55. The zero-order valence-electron chi connectivity index (χ0n) is 15.2. The van der Waals surface area contributed by atoms with E-state index in [4.69, 9.17) is 9.97 Å². The van der Waals surface area contributed by atoms with E-state index in [0.29, 0.717) is 6.04 Å². The van der Waals surface area contributed by atoms with Gasteiger partial charge in [0.05, 0.1) is 0 Å². The number of aromatic nitrogens is 2. The lowest BCUT2D eigenvalue weighted by Crippen LogP contribution is -2.12. The molecule has 1 heterocycles. The van der Waals surface area contributed by atoms with E-state index in [1.807, 2.05) is 36.4 Å². The van der Waals surface area contributed by atoms with Crippen molar-refractivity contribution < 1.29 is 0 Å². The smallest absolute Gasteiger partial charge is 0.164 e. The molecule has 2 N–H and O–H groups in total. The fourth-order valence-electron chi connectivity index (χ4n) is 2.83. The van der Waals surface area contributed by atoms with E-state index in [1.165, 1.54) is 11.1 Å². The predicted octanol–water partition coefficient (Wildman–Crippen LogP) is 5.32. The summed E-state index contributed by atoms with van der Waals surface area (Å²) in [5.74, 6) is 2.34. The predicted molar refractivity (Wildman–Crippen MR) is 105 cm³/mol. The highest BCUT2D eigenvalue weighted by molar-refractivity contribution is 5.69. The van der Waals surface area contributed by atoms with Gasteiger partial charge in [-0.15, -0.1) is 0 Å². The second kappa shape index (κ2) is 7.34.